The topological polar surface area (TPSA) is 51.8 Å². The quantitative estimate of drug-likeness (QED) is 0.182. The maximum absolute atomic E-state index is 6.50. The van der Waals surface area contributed by atoms with Crippen molar-refractivity contribution in [3.05, 3.63) is 210 Å². The van der Waals surface area contributed by atoms with Gasteiger partial charge in [0, 0.05) is 21.9 Å². The Morgan fingerprint density at radius 2 is 0.804 bits per heavy atom. The predicted molar refractivity (Wildman–Crippen MR) is 225 cm³/mol. The minimum atomic E-state index is -0.434. The Morgan fingerprint density at radius 1 is 0.321 bits per heavy atom. The number of fused-ring (bicyclic) bond motifs is 13. The first kappa shape index (κ1) is 31.0. The summed E-state index contributed by atoms with van der Waals surface area (Å²) in [5.41, 5.74) is 16.4. The number of hydrogen-bond donors (Lipinski definition) is 0. The first-order chi connectivity index (χ1) is 27.8. The largest absolute Gasteiger partial charge is 0.455 e. The lowest BCUT2D eigenvalue weighted by atomic mass is 9.70. The van der Waals surface area contributed by atoms with Crippen molar-refractivity contribution in [1.29, 1.82) is 0 Å². The van der Waals surface area contributed by atoms with Crippen LogP contribution in [0.1, 0.15) is 22.3 Å². The van der Waals surface area contributed by atoms with E-state index in [0.29, 0.717) is 17.5 Å². The van der Waals surface area contributed by atoms with E-state index in [1.54, 1.807) is 0 Å². The molecule has 0 fully saturated rings. The third kappa shape index (κ3) is 4.21. The molecule has 260 valence electrons. The molecule has 2 heterocycles. The molecule has 0 saturated carbocycles. The fourth-order valence-electron chi connectivity index (χ4n) is 9.54. The van der Waals surface area contributed by atoms with E-state index >= 15 is 0 Å². The molecule has 12 rings (SSSR count). The van der Waals surface area contributed by atoms with Crippen LogP contribution >= 0.6 is 0 Å². The molecule has 0 atom stereocenters. The van der Waals surface area contributed by atoms with Crippen molar-refractivity contribution in [3.8, 4) is 67.5 Å². The third-order valence-electron chi connectivity index (χ3n) is 11.8. The number of para-hydroxylation sites is 2. The molecule has 4 heteroatoms. The number of aromatic nitrogens is 3. The van der Waals surface area contributed by atoms with E-state index in [-0.39, 0.29) is 0 Å². The highest BCUT2D eigenvalue weighted by Gasteiger charge is 2.52. The summed E-state index contributed by atoms with van der Waals surface area (Å²) in [5.74, 6) is 1.78. The van der Waals surface area contributed by atoms with E-state index in [0.717, 1.165) is 49.8 Å². The van der Waals surface area contributed by atoms with E-state index < -0.39 is 5.41 Å². The van der Waals surface area contributed by atoms with Crippen molar-refractivity contribution < 1.29 is 4.42 Å². The summed E-state index contributed by atoms with van der Waals surface area (Å²) in [6.07, 6.45) is 0. The van der Waals surface area contributed by atoms with Crippen LogP contribution in [0.25, 0.3) is 89.5 Å². The molecule has 8 aromatic carbocycles. The Hall–Kier alpha value is -7.43. The lowest BCUT2D eigenvalue weighted by Crippen LogP contribution is -2.25. The number of furan rings is 1. The van der Waals surface area contributed by atoms with E-state index in [1.165, 1.54) is 44.5 Å². The standard InChI is InChI=1S/C52H31N3O/c1-2-16-32(17-3-1)49-53-50(55-51(54-49)41-26-14-25-38-36-21-9-13-31-46(36)56-48(38)41)39-22-5-4-18-33(39)37-24-15-30-45-47(37)40-23-8-12-29-44(40)52(45)42-27-10-6-19-34(42)35-20-7-11-28-43(35)52/h1-31H. The summed E-state index contributed by atoms with van der Waals surface area (Å²) >= 11 is 0. The molecule has 0 N–H and O–H groups in total. The maximum Gasteiger partial charge on any atom is 0.167 e. The van der Waals surface area contributed by atoms with Crippen LogP contribution < -0.4 is 0 Å². The van der Waals surface area contributed by atoms with Crippen molar-refractivity contribution in [2.24, 2.45) is 0 Å². The van der Waals surface area contributed by atoms with Crippen LogP contribution in [-0.4, -0.2) is 15.0 Å². The van der Waals surface area contributed by atoms with Crippen LogP contribution in [0.4, 0.5) is 0 Å². The average Bonchev–Trinajstić information content (AvgIpc) is 3.91. The highest BCUT2D eigenvalue weighted by molar-refractivity contribution is 6.09. The Morgan fingerprint density at radius 3 is 1.55 bits per heavy atom. The second kappa shape index (κ2) is 11.8. The number of nitrogens with zero attached hydrogens (tertiary/aromatic N) is 3. The molecule has 0 saturated heterocycles. The van der Waals surface area contributed by atoms with Crippen molar-refractivity contribution >= 4 is 21.9 Å². The molecule has 56 heavy (non-hydrogen) atoms. The van der Waals surface area contributed by atoms with Crippen molar-refractivity contribution in [3.63, 3.8) is 0 Å². The van der Waals surface area contributed by atoms with Crippen molar-refractivity contribution in [1.82, 2.24) is 15.0 Å². The monoisotopic (exact) mass is 713 g/mol. The third-order valence-corrected chi connectivity index (χ3v) is 11.8. The van der Waals surface area contributed by atoms with Crippen LogP contribution in [0.5, 0.6) is 0 Å². The molecule has 0 bridgehead atoms. The van der Waals surface area contributed by atoms with Gasteiger partial charge in [0.25, 0.3) is 0 Å². The summed E-state index contributed by atoms with van der Waals surface area (Å²) in [6, 6.07) is 66.7. The second-order valence-corrected chi connectivity index (χ2v) is 14.6. The van der Waals surface area contributed by atoms with Gasteiger partial charge in [-0.05, 0) is 67.8 Å². The van der Waals surface area contributed by atoms with Crippen LogP contribution in [0.2, 0.25) is 0 Å². The average molecular weight is 714 g/mol. The minimum Gasteiger partial charge on any atom is -0.455 e. The fourth-order valence-corrected chi connectivity index (χ4v) is 9.54. The van der Waals surface area contributed by atoms with E-state index in [4.69, 9.17) is 19.4 Å². The van der Waals surface area contributed by atoms with Gasteiger partial charge in [0.2, 0.25) is 0 Å². The molecule has 2 aliphatic rings. The lowest BCUT2D eigenvalue weighted by molar-refractivity contribution is 0.669. The van der Waals surface area contributed by atoms with Crippen LogP contribution in [0, 0.1) is 0 Å². The molecule has 0 aliphatic heterocycles. The Balaban J connectivity index is 1.12. The van der Waals surface area contributed by atoms with Gasteiger partial charge < -0.3 is 4.42 Å². The summed E-state index contributed by atoms with van der Waals surface area (Å²) < 4.78 is 6.50. The summed E-state index contributed by atoms with van der Waals surface area (Å²) in [4.78, 5) is 15.6. The van der Waals surface area contributed by atoms with Crippen LogP contribution in [0.3, 0.4) is 0 Å². The molecule has 2 aliphatic carbocycles. The predicted octanol–water partition coefficient (Wildman–Crippen LogP) is 12.8. The van der Waals surface area contributed by atoms with Crippen LogP contribution in [-0.2, 0) is 5.41 Å². The molecular weight excluding hydrogens is 683 g/mol. The molecule has 0 radical (unpaired) electrons. The zero-order chi connectivity index (χ0) is 36.8. The van der Waals surface area contributed by atoms with Gasteiger partial charge in [0.05, 0.1) is 11.0 Å². The Bertz CT molecular complexity index is 3170. The molecule has 4 nitrogen and oxygen atoms in total. The van der Waals surface area contributed by atoms with Gasteiger partial charge >= 0.3 is 0 Å². The Kier molecular flexibility index (Phi) is 6.52. The lowest BCUT2D eigenvalue weighted by Gasteiger charge is -2.30. The normalized spacial score (nSPS) is 13.1. The molecule has 2 aromatic heterocycles. The molecule has 0 amide bonds. The molecule has 1 spiro atoms. The van der Waals surface area contributed by atoms with Gasteiger partial charge in [-0.3, -0.25) is 0 Å². The van der Waals surface area contributed by atoms with E-state index in [2.05, 4.69) is 133 Å². The van der Waals surface area contributed by atoms with Gasteiger partial charge in [0.15, 0.2) is 17.5 Å². The van der Waals surface area contributed by atoms with Gasteiger partial charge in [0.1, 0.15) is 11.2 Å². The summed E-state index contributed by atoms with van der Waals surface area (Å²) in [6.45, 7) is 0. The van der Waals surface area contributed by atoms with Gasteiger partial charge in [-0.2, -0.15) is 0 Å². The minimum absolute atomic E-state index is 0.434. The first-order valence-corrected chi connectivity index (χ1v) is 19.0. The maximum atomic E-state index is 6.50. The highest BCUT2D eigenvalue weighted by atomic mass is 16.3. The summed E-state index contributed by atoms with van der Waals surface area (Å²) in [5, 5.41) is 2.10. The van der Waals surface area contributed by atoms with Crippen molar-refractivity contribution in [2.45, 2.75) is 5.41 Å². The van der Waals surface area contributed by atoms with E-state index in [1.807, 2.05) is 54.6 Å². The SMILES string of the molecule is c1ccc(-c2nc(-c3ccccc3-c3cccc4c3-c3ccccc3C43c4ccccc4-c4ccccc43)nc(-c3cccc4c3oc3ccccc34)n2)cc1. The number of hydrogen-bond acceptors (Lipinski definition) is 4. The first-order valence-electron chi connectivity index (χ1n) is 19.0. The molecule has 10 aromatic rings. The molecule has 0 unspecified atom stereocenters. The number of rotatable bonds is 4. The fraction of sp³-hybridized carbons (Fsp3) is 0.0192. The van der Waals surface area contributed by atoms with Gasteiger partial charge in [-0.15, -0.1) is 0 Å². The number of benzene rings is 8. The van der Waals surface area contributed by atoms with Crippen molar-refractivity contribution in [2.75, 3.05) is 0 Å². The second-order valence-electron chi connectivity index (χ2n) is 14.6. The summed E-state index contributed by atoms with van der Waals surface area (Å²) in [7, 11) is 0. The Labute approximate surface area is 323 Å². The smallest absolute Gasteiger partial charge is 0.167 e. The zero-order valence-corrected chi connectivity index (χ0v) is 30.1. The highest BCUT2D eigenvalue weighted by Crippen LogP contribution is 2.64. The van der Waals surface area contributed by atoms with E-state index in [9.17, 15) is 0 Å². The van der Waals surface area contributed by atoms with Crippen LogP contribution in [0.15, 0.2) is 192 Å². The molecular formula is C52H31N3O. The van der Waals surface area contributed by atoms with Gasteiger partial charge in [-0.25, -0.2) is 15.0 Å². The zero-order valence-electron chi connectivity index (χ0n) is 30.1. The van der Waals surface area contributed by atoms with Gasteiger partial charge in [-0.1, -0.05) is 176 Å².